The second kappa shape index (κ2) is 9.63. The van der Waals surface area contributed by atoms with Gasteiger partial charge in [0.25, 0.3) is 0 Å². The number of benzene rings is 2. The van der Waals surface area contributed by atoms with Gasteiger partial charge in [0.05, 0.1) is 11.3 Å². The lowest BCUT2D eigenvalue weighted by Gasteiger charge is -2.24. The Hall–Kier alpha value is -3.69. The Morgan fingerprint density at radius 1 is 1.19 bits per heavy atom. The van der Waals surface area contributed by atoms with E-state index in [1.54, 1.807) is 6.92 Å². The lowest BCUT2D eigenvalue weighted by molar-refractivity contribution is -0.137. The van der Waals surface area contributed by atoms with Crippen LogP contribution in [0.5, 0.6) is 5.75 Å². The fourth-order valence-electron chi connectivity index (χ4n) is 3.16. The van der Waals surface area contributed by atoms with Gasteiger partial charge in [-0.2, -0.15) is 13.2 Å². The number of halogens is 3. The van der Waals surface area contributed by atoms with E-state index in [2.05, 4.69) is 5.32 Å². The van der Waals surface area contributed by atoms with Gasteiger partial charge in [-0.3, -0.25) is 19.8 Å². The molecule has 0 saturated carbocycles. The molecule has 7 nitrogen and oxygen atoms in total. The van der Waals surface area contributed by atoms with Crippen molar-refractivity contribution in [2.45, 2.75) is 32.9 Å². The number of carbonyl (C=O) groups excluding carboxylic acids is 3. The molecular formula is C22H22F3N3O4. The van der Waals surface area contributed by atoms with Gasteiger partial charge in [-0.1, -0.05) is 13.0 Å². The molecule has 32 heavy (non-hydrogen) atoms. The minimum absolute atomic E-state index is 0.0133. The predicted octanol–water partition coefficient (Wildman–Crippen LogP) is 4.37. The first-order valence-electron chi connectivity index (χ1n) is 9.57. The lowest BCUT2D eigenvalue weighted by atomic mass is 9.93. The Labute approximate surface area is 182 Å². The average Bonchev–Trinajstić information content (AvgIpc) is 2.71. The Kier molecular flexibility index (Phi) is 7.40. The van der Waals surface area contributed by atoms with E-state index < -0.39 is 35.0 Å². The summed E-state index contributed by atoms with van der Waals surface area (Å²) in [6.45, 7) is 2.92. The number of hydrogen-bond acceptors (Lipinski definition) is 5. The van der Waals surface area contributed by atoms with Gasteiger partial charge in [-0.05, 0) is 36.2 Å². The van der Waals surface area contributed by atoms with Crippen LogP contribution in [0.2, 0.25) is 0 Å². The van der Waals surface area contributed by atoms with Crippen LogP contribution in [0.3, 0.4) is 0 Å². The maximum Gasteiger partial charge on any atom is 0.417 e. The molecule has 0 fully saturated rings. The minimum Gasteiger partial charge on any atom is -0.507 e. The third-order valence-corrected chi connectivity index (χ3v) is 4.66. The molecule has 0 aromatic heterocycles. The molecule has 2 rings (SSSR count). The summed E-state index contributed by atoms with van der Waals surface area (Å²) in [5.74, 6) is -1.53. The SMILES string of the molecule is CCCC(=O)N(C)c1cc(C(=N)C=O)c(O)cc1-c1ccc(NC(C)=O)cc1C(F)(F)F. The topological polar surface area (TPSA) is 111 Å². The highest BCUT2D eigenvalue weighted by Gasteiger charge is 2.35. The van der Waals surface area contributed by atoms with Crippen molar-refractivity contribution in [3.63, 3.8) is 0 Å². The molecule has 0 saturated heterocycles. The van der Waals surface area contributed by atoms with Crippen molar-refractivity contribution in [3.8, 4) is 16.9 Å². The number of nitrogens with one attached hydrogen (secondary N) is 2. The third kappa shape index (κ3) is 5.32. The second-order valence-electron chi connectivity index (χ2n) is 7.06. The molecule has 0 aliphatic carbocycles. The molecule has 0 atom stereocenters. The summed E-state index contributed by atoms with van der Waals surface area (Å²) in [6, 6.07) is 5.27. The van der Waals surface area contributed by atoms with Crippen LogP contribution in [0.1, 0.15) is 37.8 Å². The monoisotopic (exact) mass is 449 g/mol. The lowest BCUT2D eigenvalue weighted by Crippen LogP contribution is -2.26. The zero-order chi connectivity index (χ0) is 24.2. The first-order valence-corrected chi connectivity index (χ1v) is 9.57. The molecule has 2 amide bonds. The van der Waals surface area contributed by atoms with E-state index in [1.165, 1.54) is 13.1 Å². The van der Waals surface area contributed by atoms with Crippen molar-refractivity contribution in [2.24, 2.45) is 0 Å². The van der Waals surface area contributed by atoms with Gasteiger partial charge in [-0.25, -0.2) is 0 Å². The van der Waals surface area contributed by atoms with E-state index in [-0.39, 0.29) is 40.8 Å². The number of rotatable bonds is 7. The second-order valence-corrected chi connectivity index (χ2v) is 7.06. The van der Waals surface area contributed by atoms with Crippen LogP contribution in [0.15, 0.2) is 30.3 Å². The standard InChI is InChI=1S/C22H22F3N3O4/c1-4-5-21(32)28(3)19-9-16(18(26)11-29)20(31)10-15(19)14-7-6-13(27-12(2)30)8-17(14)22(23,24)25/h6-11,26,31H,4-5H2,1-3H3,(H,27,30). The van der Waals surface area contributed by atoms with Crippen LogP contribution in [0.4, 0.5) is 24.5 Å². The summed E-state index contributed by atoms with van der Waals surface area (Å²) < 4.78 is 41.7. The van der Waals surface area contributed by atoms with Gasteiger partial charge in [0.15, 0.2) is 6.29 Å². The van der Waals surface area contributed by atoms with Gasteiger partial charge in [0.1, 0.15) is 11.5 Å². The number of alkyl halides is 3. The molecule has 2 aromatic carbocycles. The first kappa shape index (κ1) is 24.6. The molecule has 0 spiro atoms. The molecule has 0 bridgehead atoms. The van der Waals surface area contributed by atoms with Crippen LogP contribution in [0, 0.1) is 5.41 Å². The van der Waals surface area contributed by atoms with Crippen LogP contribution in [0.25, 0.3) is 11.1 Å². The summed E-state index contributed by atoms with van der Waals surface area (Å²) in [7, 11) is 1.36. The van der Waals surface area contributed by atoms with E-state index in [1.807, 2.05) is 0 Å². The number of amides is 2. The van der Waals surface area contributed by atoms with Crippen molar-refractivity contribution in [2.75, 3.05) is 17.3 Å². The van der Waals surface area contributed by atoms with Crippen LogP contribution >= 0.6 is 0 Å². The van der Waals surface area contributed by atoms with E-state index in [0.29, 0.717) is 6.42 Å². The number of aldehydes is 1. The van der Waals surface area contributed by atoms with Gasteiger partial charge in [0.2, 0.25) is 11.8 Å². The molecule has 170 valence electrons. The number of phenolic OH excluding ortho intramolecular Hbond substituents is 1. The Bertz CT molecular complexity index is 1080. The fraction of sp³-hybridized carbons (Fsp3) is 0.273. The molecule has 2 aromatic rings. The summed E-state index contributed by atoms with van der Waals surface area (Å²) in [5, 5.41) is 20.3. The first-order chi connectivity index (χ1) is 14.9. The van der Waals surface area contributed by atoms with Crippen molar-refractivity contribution in [3.05, 3.63) is 41.5 Å². The Balaban J connectivity index is 2.84. The van der Waals surface area contributed by atoms with Crippen molar-refractivity contribution in [1.82, 2.24) is 0 Å². The van der Waals surface area contributed by atoms with Crippen LogP contribution < -0.4 is 10.2 Å². The Morgan fingerprint density at radius 2 is 1.84 bits per heavy atom. The molecule has 0 heterocycles. The van der Waals surface area contributed by atoms with E-state index >= 15 is 0 Å². The van der Waals surface area contributed by atoms with Crippen molar-refractivity contribution in [1.29, 1.82) is 5.41 Å². The van der Waals surface area contributed by atoms with Gasteiger partial charge in [0, 0.05) is 37.2 Å². The molecule has 0 radical (unpaired) electrons. The molecule has 0 unspecified atom stereocenters. The highest BCUT2D eigenvalue weighted by molar-refractivity contribution is 6.35. The van der Waals surface area contributed by atoms with Gasteiger partial charge >= 0.3 is 6.18 Å². The number of carbonyl (C=O) groups is 3. The van der Waals surface area contributed by atoms with E-state index in [9.17, 15) is 32.7 Å². The van der Waals surface area contributed by atoms with E-state index in [0.717, 1.165) is 36.1 Å². The number of phenols is 1. The molecule has 0 aliphatic rings. The maximum atomic E-state index is 13.9. The number of hydrogen-bond donors (Lipinski definition) is 3. The molecule has 3 N–H and O–H groups in total. The van der Waals surface area contributed by atoms with E-state index in [4.69, 9.17) is 5.41 Å². The highest BCUT2D eigenvalue weighted by Crippen LogP contribution is 2.44. The van der Waals surface area contributed by atoms with Crippen LogP contribution in [-0.4, -0.2) is 36.0 Å². The fourth-order valence-corrected chi connectivity index (χ4v) is 3.16. The molecule has 10 heteroatoms. The van der Waals surface area contributed by atoms with Crippen molar-refractivity contribution >= 4 is 35.2 Å². The summed E-state index contributed by atoms with van der Waals surface area (Å²) in [5.41, 5.74) is -2.48. The zero-order valence-corrected chi connectivity index (χ0v) is 17.6. The molecule has 0 aliphatic heterocycles. The third-order valence-electron chi connectivity index (χ3n) is 4.66. The number of nitrogens with zero attached hydrogens (tertiary/aromatic N) is 1. The number of anilines is 2. The van der Waals surface area contributed by atoms with Crippen LogP contribution in [-0.2, 0) is 20.6 Å². The minimum atomic E-state index is -4.82. The largest absolute Gasteiger partial charge is 0.507 e. The Morgan fingerprint density at radius 3 is 2.38 bits per heavy atom. The summed E-state index contributed by atoms with van der Waals surface area (Å²) >= 11 is 0. The normalized spacial score (nSPS) is 11.1. The summed E-state index contributed by atoms with van der Waals surface area (Å²) in [4.78, 5) is 35.9. The smallest absolute Gasteiger partial charge is 0.417 e. The van der Waals surface area contributed by atoms with Crippen molar-refractivity contribution < 1.29 is 32.7 Å². The van der Waals surface area contributed by atoms with Gasteiger partial charge in [-0.15, -0.1) is 0 Å². The van der Waals surface area contributed by atoms with Gasteiger partial charge < -0.3 is 15.3 Å². The summed E-state index contributed by atoms with van der Waals surface area (Å²) in [6.07, 6.45) is -4.04. The predicted molar refractivity (Wildman–Crippen MR) is 114 cm³/mol. The maximum absolute atomic E-state index is 13.9. The zero-order valence-electron chi connectivity index (χ0n) is 17.6. The number of aromatic hydroxyl groups is 1. The average molecular weight is 449 g/mol. The highest BCUT2D eigenvalue weighted by atomic mass is 19.4. The quantitative estimate of drug-likeness (QED) is 0.431. The molecular weight excluding hydrogens is 427 g/mol.